The maximum atomic E-state index is 12.9. The average molecular weight is 478 g/mol. The van der Waals surface area contributed by atoms with Crippen molar-refractivity contribution in [1.29, 1.82) is 0 Å². The molecule has 7 nitrogen and oxygen atoms in total. The Balaban J connectivity index is 1.59. The zero-order chi connectivity index (χ0) is 24.1. The Kier molecular flexibility index (Phi) is 7.37. The van der Waals surface area contributed by atoms with E-state index in [1.165, 1.54) is 11.8 Å². The van der Waals surface area contributed by atoms with Gasteiger partial charge in [-0.15, -0.1) is 0 Å². The number of carbonyl (C=O) groups excluding carboxylic acids is 2. The molecule has 0 spiro atoms. The molecule has 0 aliphatic carbocycles. The minimum Gasteiger partial charge on any atom is -0.483 e. The first-order chi connectivity index (χ1) is 16.5. The number of fused-ring (bicyclic) bond motifs is 1. The van der Waals surface area contributed by atoms with E-state index < -0.39 is 12.0 Å². The molecule has 1 atom stereocenters. The van der Waals surface area contributed by atoms with Gasteiger partial charge in [-0.2, -0.15) is 0 Å². The van der Waals surface area contributed by atoms with Crippen LogP contribution in [-0.4, -0.2) is 35.2 Å². The second-order valence-electron chi connectivity index (χ2n) is 7.71. The van der Waals surface area contributed by atoms with Crippen LogP contribution in [-0.2, 0) is 20.7 Å². The highest BCUT2D eigenvalue weighted by Gasteiger charge is 2.38. The number of para-hydroxylation sites is 2. The lowest BCUT2D eigenvalue weighted by Gasteiger charge is -2.34. The maximum Gasteiger partial charge on any atom is 0.338 e. The molecular formula is C26H27N3O4S. The Labute approximate surface area is 203 Å². The van der Waals surface area contributed by atoms with E-state index in [1.54, 1.807) is 13.0 Å². The van der Waals surface area contributed by atoms with Gasteiger partial charge in [0.2, 0.25) is 0 Å². The molecule has 34 heavy (non-hydrogen) atoms. The van der Waals surface area contributed by atoms with E-state index in [0.29, 0.717) is 17.0 Å². The number of thioether (sulfide) groups is 1. The molecular weight excluding hydrogens is 450 g/mol. The van der Waals surface area contributed by atoms with Crippen molar-refractivity contribution in [1.82, 2.24) is 4.90 Å². The monoisotopic (exact) mass is 477 g/mol. The number of nitrogens with one attached hydrogen (secondary N) is 1. The summed E-state index contributed by atoms with van der Waals surface area (Å²) in [5.74, 6) is -0.148. The minimum atomic E-state index is -0.474. The molecule has 0 bridgehead atoms. The highest BCUT2D eigenvalue weighted by atomic mass is 32.2. The van der Waals surface area contributed by atoms with Gasteiger partial charge in [-0.05, 0) is 43.4 Å². The maximum absolute atomic E-state index is 12.9. The molecule has 8 heteroatoms. The Morgan fingerprint density at radius 2 is 1.88 bits per heavy atom. The summed E-state index contributed by atoms with van der Waals surface area (Å²) in [6.07, 6.45) is 2.71. The molecule has 4 rings (SSSR count). The predicted octanol–water partition coefficient (Wildman–Crippen LogP) is 5.03. The van der Waals surface area contributed by atoms with E-state index in [9.17, 15) is 9.59 Å². The van der Waals surface area contributed by atoms with Crippen LogP contribution in [0.2, 0.25) is 0 Å². The standard InChI is InChI=1S/C26H27N3O4S/c1-4-18-10-6-8-12-20(18)28-22(30)16-33-21-13-9-7-11-19(21)24-23(25(31)32-5-2)17(3)27-26-29(24)14-15-34-26/h6-15,24H,4-5,16H2,1-3H3,(H,28,30)/t24-/m1/s1. The van der Waals surface area contributed by atoms with Crippen molar-refractivity contribution in [3.63, 3.8) is 0 Å². The molecule has 1 N–H and O–H groups in total. The summed E-state index contributed by atoms with van der Waals surface area (Å²) in [4.78, 5) is 32.1. The van der Waals surface area contributed by atoms with Crippen molar-refractivity contribution in [2.45, 2.75) is 33.2 Å². The Morgan fingerprint density at radius 3 is 2.68 bits per heavy atom. The molecule has 2 aromatic carbocycles. The summed E-state index contributed by atoms with van der Waals surface area (Å²) < 4.78 is 11.3. The molecule has 2 aliphatic rings. The number of hydrogen-bond acceptors (Lipinski definition) is 7. The lowest BCUT2D eigenvalue weighted by Crippen LogP contribution is -2.34. The van der Waals surface area contributed by atoms with E-state index >= 15 is 0 Å². The number of allylic oxidation sites excluding steroid dienone is 1. The lowest BCUT2D eigenvalue weighted by molar-refractivity contribution is -0.139. The Bertz CT molecular complexity index is 1190. The number of esters is 1. The van der Waals surface area contributed by atoms with Crippen molar-refractivity contribution in [2.24, 2.45) is 4.99 Å². The van der Waals surface area contributed by atoms with Gasteiger partial charge < -0.3 is 19.7 Å². The number of anilines is 1. The van der Waals surface area contributed by atoms with Crippen molar-refractivity contribution in [3.05, 3.63) is 82.5 Å². The fourth-order valence-corrected chi connectivity index (χ4v) is 4.79. The average Bonchev–Trinajstić information content (AvgIpc) is 3.30. The molecule has 0 aromatic heterocycles. The third kappa shape index (κ3) is 4.87. The van der Waals surface area contributed by atoms with Crippen LogP contribution in [0.25, 0.3) is 0 Å². The number of rotatable bonds is 8. The number of benzene rings is 2. The molecule has 1 amide bonds. The van der Waals surface area contributed by atoms with Crippen LogP contribution in [0.15, 0.2) is 76.4 Å². The molecule has 2 aromatic rings. The number of aryl methyl sites for hydroxylation is 1. The lowest BCUT2D eigenvalue weighted by atomic mass is 9.94. The van der Waals surface area contributed by atoms with Gasteiger partial charge in [-0.1, -0.05) is 55.1 Å². The molecule has 2 heterocycles. The van der Waals surface area contributed by atoms with Crippen LogP contribution in [0, 0.1) is 0 Å². The molecule has 0 unspecified atom stereocenters. The normalized spacial score (nSPS) is 16.7. The Morgan fingerprint density at radius 1 is 1.12 bits per heavy atom. The van der Waals surface area contributed by atoms with Gasteiger partial charge in [0.25, 0.3) is 5.91 Å². The predicted molar refractivity (Wildman–Crippen MR) is 134 cm³/mol. The first-order valence-electron chi connectivity index (χ1n) is 11.2. The van der Waals surface area contributed by atoms with E-state index in [2.05, 4.69) is 10.3 Å². The summed E-state index contributed by atoms with van der Waals surface area (Å²) in [5.41, 5.74) is 3.65. The fourth-order valence-electron chi connectivity index (χ4n) is 3.99. The molecule has 176 valence electrons. The third-order valence-electron chi connectivity index (χ3n) is 5.56. The zero-order valence-electron chi connectivity index (χ0n) is 19.4. The summed E-state index contributed by atoms with van der Waals surface area (Å²) in [5, 5.41) is 5.63. The van der Waals surface area contributed by atoms with Gasteiger partial charge in [0.1, 0.15) is 5.75 Å². The van der Waals surface area contributed by atoms with Crippen LogP contribution in [0.1, 0.15) is 37.9 Å². The largest absolute Gasteiger partial charge is 0.483 e. The molecule has 2 aliphatic heterocycles. The van der Waals surface area contributed by atoms with Gasteiger partial charge in [-0.3, -0.25) is 4.79 Å². The number of ether oxygens (including phenoxy) is 2. The van der Waals surface area contributed by atoms with Crippen LogP contribution >= 0.6 is 11.8 Å². The zero-order valence-corrected chi connectivity index (χ0v) is 20.2. The molecule has 0 fully saturated rings. The number of amidine groups is 1. The van der Waals surface area contributed by atoms with Crippen molar-refractivity contribution < 1.29 is 19.1 Å². The van der Waals surface area contributed by atoms with E-state index in [1.807, 2.05) is 72.8 Å². The van der Waals surface area contributed by atoms with Crippen molar-refractivity contribution >= 4 is 34.5 Å². The second kappa shape index (κ2) is 10.6. The van der Waals surface area contributed by atoms with E-state index in [-0.39, 0.29) is 19.1 Å². The van der Waals surface area contributed by atoms with E-state index in [0.717, 1.165) is 28.4 Å². The topological polar surface area (TPSA) is 80.2 Å². The number of nitrogens with zero attached hydrogens (tertiary/aromatic N) is 2. The van der Waals surface area contributed by atoms with Crippen molar-refractivity contribution in [2.75, 3.05) is 18.5 Å². The van der Waals surface area contributed by atoms with E-state index in [4.69, 9.17) is 9.47 Å². The minimum absolute atomic E-state index is 0.162. The summed E-state index contributed by atoms with van der Waals surface area (Å²) in [6, 6.07) is 14.7. The molecule has 0 radical (unpaired) electrons. The highest BCUT2D eigenvalue weighted by molar-refractivity contribution is 8.16. The number of amides is 1. The fraction of sp³-hybridized carbons (Fsp3) is 0.269. The van der Waals surface area contributed by atoms with Gasteiger partial charge in [0.15, 0.2) is 11.8 Å². The van der Waals surface area contributed by atoms with Crippen molar-refractivity contribution in [3.8, 4) is 5.75 Å². The van der Waals surface area contributed by atoms with Gasteiger partial charge in [-0.25, -0.2) is 9.79 Å². The van der Waals surface area contributed by atoms with Crippen LogP contribution < -0.4 is 10.1 Å². The summed E-state index contributed by atoms with van der Waals surface area (Å²) in [7, 11) is 0. The number of aliphatic imine (C=N–C) groups is 1. The van der Waals surface area contributed by atoms with Gasteiger partial charge in [0, 0.05) is 17.5 Å². The summed E-state index contributed by atoms with van der Waals surface area (Å²) in [6.45, 7) is 5.73. The third-order valence-corrected chi connectivity index (χ3v) is 6.33. The highest BCUT2D eigenvalue weighted by Crippen LogP contribution is 2.43. The smallest absolute Gasteiger partial charge is 0.338 e. The van der Waals surface area contributed by atoms with Crippen LogP contribution in [0.3, 0.4) is 0 Å². The SMILES string of the molecule is CCOC(=O)C1=C(C)N=C2SC=CN2[C@@H]1c1ccccc1OCC(=O)Nc1ccccc1CC. The van der Waals surface area contributed by atoms with Crippen LogP contribution in [0.4, 0.5) is 5.69 Å². The van der Waals surface area contributed by atoms with Gasteiger partial charge >= 0.3 is 5.97 Å². The second-order valence-corrected chi connectivity index (χ2v) is 8.59. The van der Waals surface area contributed by atoms with Gasteiger partial charge in [0.05, 0.1) is 23.9 Å². The first kappa shape index (κ1) is 23.6. The first-order valence-corrected chi connectivity index (χ1v) is 12.1. The number of carbonyl (C=O) groups is 2. The quantitative estimate of drug-likeness (QED) is 0.537. The summed E-state index contributed by atoms with van der Waals surface area (Å²) >= 11 is 1.49. The molecule has 0 saturated carbocycles. The Hall–Kier alpha value is -3.52. The molecule has 0 saturated heterocycles. The number of hydrogen-bond donors (Lipinski definition) is 1. The van der Waals surface area contributed by atoms with Crippen LogP contribution in [0.5, 0.6) is 5.75 Å².